The second-order valence-electron chi connectivity index (χ2n) is 7.58. The molecule has 0 saturated carbocycles. The summed E-state index contributed by atoms with van der Waals surface area (Å²) in [7, 11) is 0. The lowest BCUT2D eigenvalue weighted by molar-refractivity contribution is -0.128. The van der Waals surface area contributed by atoms with Gasteiger partial charge in [0.25, 0.3) is 0 Å². The molecule has 2 aliphatic rings. The highest BCUT2D eigenvalue weighted by molar-refractivity contribution is 5.80. The first-order valence-electron chi connectivity index (χ1n) is 10.9. The molecule has 2 saturated heterocycles. The first-order valence-corrected chi connectivity index (χ1v) is 10.9. The maximum Gasteiger partial charge on any atom is 0.409 e. The molecular formula is C22H33N5O3. The van der Waals surface area contributed by atoms with E-state index in [0.717, 1.165) is 49.7 Å². The Morgan fingerprint density at radius 2 is 1.83 bits per heavy atom. The van der Waals surface area contributed by atoms with E-state index in [1.54, 1.807) is 4.90 Å². The van der Waals surface area contributed by atoms with Crippen LogP contribution in [0.15, 0.2) is 29.3 Å². The maximum atomic E-state index is 11.9. The summed E-state index contributed by atoms with van der Waals surface area (Å²) in [5.41, 5.74) is 2.27. The topological polar surface area (TPSA) is 77.5 Å². The minimum atomic E-state index is -0.243. The van der Waals surface area contributed by atoms with Gasteiger partial charge in [-0.05, 0) is 31.4 Å². The zero-order chi connectivity index (χ0) is 21.3. The van der Waals surface area contributed by atoms with Gasteiger partial charge in [-0.15, -0.1) is 0 Å². The summed E-state index contributed by atoms with van der Waals surface area (Å²) in [5.74, 6) is 1.11. The Kier molecular flexibility index (Phi) is 7.93. The maximum absolute atomic E-state index is 11.9. The number of piperazine rings is 1. The van der Waals surface area contributed by atoms with Crippen molar-refractivity contribution in [1.29, 1.82) is 0 Å². The van der Waals surface area contributed by atoms with Crippen molar-refractivity contribution >= 4 is 18.0 Å². The van der Waals surface area contributed by atoms with Crippen LogP contribution in [-0.4, -0.2) is 78.5 Å². The summed E-state index contributed by atoms with van der Waals surface area (Å²) < 4.78 is 5.09. The third-order valence-corrected chi connectivity index (χ3v) is 5.39. The summed E-state index contributed by atoms with van der Waals surface area (Å²) in [6.07, 6.45) is 1.38. The molecule has 1 aromatic carbocycles. The number of rotatable bonds is 6. The molecule has 30 heavy (non-hydrogen) atoms. The first-order chi connectivity index (χ1) is 14.6. The van der Waals surface area contributed by atoms with Gasteiger partial charge in [0, 0.05) is 52.2 Å². The molecule has 0 unspecified atom stereocenters. The van der Waals surface area contributed by atoms with Crippen LogP contribution >= 0.6 is 0 Å². The number of ether oxygens (including phenoxy) is 1. The van der Waals surface area contributed by atoms with Gasteiger partial charge in [-0.25, -0.2) is 9.79 Å². The van der Waals surface area contributed by atoms with Crippen molar-refractivity contribution < 1.29 is 14.3 Å². The van der Waals surface area contributed by atoms with E-state index in [4.69, 9.17) is 9.73 Å². The smallest absolute Gasteiger partial charge is 0.409 e. The van der Waals surface area contributed by atoms with Crippen LogP contribution in [0.3, 0.4) is 0 Å². The second kappa shape index (κ2) is 10.8. The number of nitrogens with one attached hydrogen (secondary N) is 1. The molecule has 0 aromatic heterocycles. The number of aliphatic imine (C=N–C) groups is 1. The SMILES string of the molecule is CCNC(=NCc1cccc(CN2CCCC2=O)c1)N1CCN(C(=O)OCC)CC1. The quantitative estimate of drug-likeness (QED) is 0.568. The Hall–Kier alpha value is -2.77. The highest BCUT2D eigenvalue weighted by Crippen LogP contribution is 2.16. The van der Waals surface area contributed by atoms with Crippen LogP contribution in [0.25, 0.3) is 0 Å². The fraction of sp³-hybridized carbons (Fsp3) is 0.591. The lowest BCUT2D eigenvalue weighted by Gasteiger charge is -2.35. The van der Waals surface area contributed by atoms with Crippen molar-refractivity contribution in [3.05, 3.63) is 35.4 Å². The van der Waals surface area contributed by atoms with E-state index >= 15 is 0 Å². The van der Waals surface area contributed by atoms with Crippen molar-refractivity contribution in [2.45, 2.75) is 39.8 Å². The molecule has 0 bridgehead atoms. The Bertz CT molecular complexity index is 759. The van der Waals surface area contributed by atoms with Gasteiger partial charge < -0.3 is 24.8 Å². The fourth-order valence-corrected chi connectivity index (χ4v) is 3.83. The Morgan fingerprint density at radius 3 is 2.50 bits per heavy atom. The van der Waals surface area contributed by atoms with Crippen LogP contribution in [0.1, 0.15) is 37.8 Å². The Labute approximate surface area is 178 Å². The fourth-order valence-electron chi connectivity index (χ4n) is 3.83. The number of hydrogen-bond acceptors (Lipinski definition) is 4. The lowest BCUT2D eigenvalue weighted by Crippen LogP contribution is -2.53. The standard InChI is InChI=1S/C22H33N5O3/c1-3-23-21(25-11-13-26(14-12-25)22(29)30-4-2)24-16-18-7-5-8-19(15-18)17-27-10-6-9-20(27)28/h5,7-8,15H,3-4,6,9-14,16-17H2,1-2H3,(H,23,24). The van der Waals surface area contributed by atoms with E-state index in [-0.39, 0.29) is 12.0 Å². The molecule has 164 valence electrons. The molecule has 1 N–H and O–H groups in total. The zero-order valence-corrected chi connectivity index (χ0v) is 18.1. The molecule has 2 fully saturated rings. The molecule has 3 rings (SSSR count). The molecule has 0 aliphatic carbocycles. The van der Waals surface area contributed by atoms with Crippen LogP contribution in [0.4, 0.5) is 4.79 Å². The predicted octanol–water partition coefficient (Wildman–Crippen LogP) is 2.05. The monoisotopic (exact) mass is 415 g/mol. The molecular weight excluding hydrogens is 382 g/mol. The average Bonchev–Trinajstić information content (AvgIpc) is 3.16. The van der Waals surface area contributed by atoms with Crippen LogP contribution in [0.5, 0.6) is 0 Å². The van der Waals surface area contributed by atoms with E-state index < -0.39 is 0 Å². The molecule has 0 radical (unpaired) electrons. The highest BCUT2D eigenvalue weighted by Gasteiger charge is 2.24. The van der Waals surface area contributed by atoms with Crippen LogP contribution in [0, 0.1) is 0 Å². The van der Waals surface area contributed by atoms with Gasteiger partial charge in [0.1, 0.15) is 0 Å². The van der Waals surface area contributed by atoms with Gasteiger partial charge in [-0.3, -0.25) is 4.79 Å². The summed E-state index contributed by atoms with van der Waals surface area (Å²) in [6, 6.07) is 8.31. The van der Waals surface area contributed by atoms with E-state index in [1.807, 2.05) is 17.9 Å². The number of benzene rings is 1. The minimum absolute atomic E-state index is 0.243. The molecule has 0 atom stereocenters. The number of nitrogens with zero attached hydrogens (tertiary/aromatic N) is 4. The number of guanidine groups is 1. The molecule has 8 heteroatoms. The number of carbonyl (C=O) groups is 2. The number of hydrogen-bond donors (Lipinski definition) is 1. The molecule has 1 aromatic rings. The van der Waals surface area contributed by atoms with Gasteiger partial charge >= 0.3 is 6.09 Å². The summed E-state index contributed by atoms with van der Waals surface area (Å²) in [6.45, 7) is 9.86. The zero-order valence-electron chi connectivity index (χ0n) is 18.1. The molecule has 2 amide bonds. The Balaban J connectivity index is 1.59. The van der Waals surface area contributed by atoms with E-state index in [9.17, 15) is 9.59 Å². The number of amides is 2. The summed E-state index contributed by atoms with van der Waals surface area (Å²) in [5, 5.41) is 3.36. The molecule has 0 spiro atoms. The lowest BCUT2D eigenvalue weighted by atomic mass is 10.1. The third kappa shape index (κ3) is 5.87. The largest absolute Gasteiger partial charge is 0.450 e. The second-order valence-corrected chi connectivity index (χ2v) is 7.58. The van der Waals surface area contributed by atoms with Gasteiger partial charge in [-0.1, -0.05) is 24.3 Å². The van der Waals surface area contributed by atoms with Crippen LogP contribution in [-0.2, 0) is 22.6 Å². The van der Waals surface area contributed by atoms with Crippen molar-refractivity contribution in [2.75, 3.05) is 45.9 Å². The van der Waals surface area contributed by atoms with Gasteiger partial charge in [0.05, 0.1) is 13.2 Å². The highest BCUT2D eigenvalue weighted by atomic mass is 16.6. The predicted molar refractivity (Wildman–Crippen MR) is 116 cm³/mol. The van der Waals surface area contributed by atoms with Gasteiger partial charge in [-0.2, -0.15) is 0 Å². The van der Waals surface area contributed by atoms with Gasteiger partial charge in [0.15, 0.2) is 5.96 Å². The first kappa shape index (κ1) is 21.9. The minimum Gasteiger partial charge on any atom is -0.450 e. The van der Waals surface area contributed by atoms with E-state index in [2.05, 4.69) is 35.3 Å². The van der Waals surface area contributed by atoms with Crippen molar-refractivity contribution in [1.82, 2.24) is 20.0 Å². The molecule has 8 nitrogen and oxygen atoms in total. The summed E-state index contributed by atoms with van der Waals surface area (Å²) in [4.78, 5) is 34.5. The average molecular weight is 416 g/mol. The Morgan fingerprint density at radius 1 is 1.10 bits per heavy atom. The van der Waals surface area contributed by atoms with Crippen molar-refractivity contribution in [3.63, 3.8) is 0 Å². The van der Waals surface area contributed by atoms with Crippen LogP contribution in [0.2, 0.25) is 0 Å². The van der Waals surface area contributed by atoms with Gasteiger partial charge in [0.2, 0.25) is 5.91 Å². The third-order valence-electron chi connectivity index (χ3n) is 5.39. The number of carbonyl (C=O) groups excluding carboxylic acids is 2. The van der Waals surface area contributed by atoms with E-state index in [0.29, 0.717) is 39.2 Å². The van der Waals surface area contributed by atoms with Crippen LogP contribution < -0.4 is 5.32 Å². The van der Waals surface area contributed by atoms with E-state index in [1.165, 1.54) is 0 Å². The van der Waals surface area contributed by atoms with Crippen molar-refractivity contribution in [2.24, 2.45) is 4.99 Å². The molecule has 2 heterocycles. The normalized spacial score (nSPS) is 17.5. The number of likely N-dealkylation sites (tertiary alicyclic amines) is 1. The van der Waals surface area contributed by atoms with Crippen molar-refractivity contribution in [3.8, 4) is 0 Å². The summed E-state index contributed by atoms with van der Waals surface area (Å²) >= 11 is 0. The molecule has 2 aliphatic heterocycles.